The lowest BCUT2D eigenvalue weighted by Crippen LogP contribution is -2.54. The highest BCUT2D eigenvalue weighted by atomic mass is 19.4. The van der Waals surface area contributed by atoms with Gasteiger partial charge in [-0.25, -0.2) is 4.79 Å². The fraction of sp³-hybridized carbons (Fsp3) is 0.357. The molecule has 1 rings (SSSR count). The summed E-state index contributed by atoms with van der Waals surface area (Å²) in [5.74, 6) is -7.85. The molecule has 1 aromatic rings. The van der Waals surface area contributed by atoms with Gasteiger partial charge in [-0.1, -0.05) is 6.58 Å². The van der Waals surface area contributed by atoms with Crippen LogP contribution in [0.5, 0.6) is 5.75 Å². The lowest BCUT2D eigenvalue weighted by atomic mass is 9.89. The largest absolute Gasteiger partial charge is 0.447 e. The van der Waals surface area contributed by atoms with Crippen LogP contribution in [0.25, 0.3) is 0 Å². The molecule has 0 atom stereocenters. The van der Waals surface area contributed by atoms with E-state index in [0.717, 1.165) is 0 Å². The van der Waals surface area contributed by atoms with Crippen LogP contribution in [-0.4, -0.2) is 39.8 Å². The predicted molar refractivity (Wildman–Crippen MR) is 70.5 cm³/mol. The molecule has 0 radical (unpaired) electrons. The number of rotatable bonds is 4. The molecule has 0 aliphatic heterocycles. The second-order valence-corrected chi connectivity index (χ2v) is 5.25. The van der Waals surface area contributed by atoms with Crippen LogP contribution in [0.3, 0.4) is 0 Å². The number of esters is 1. The van der Waals surface area contributed by atoms with Crippen molar-refractivity contribution in [2.75, 3.05) is 0 Å². The Morgan fingerprint density at radius 2 is 1.25 bits per heavy atom. The SMILES string of the molecule is C=CC(=O)Oc1cc(C(O)(O)C(F)(F)F)cc(C(O)(C(F)(F)F)C(F)(F)F)c1. The molecular weight excluding hydrogens is 419 g/mol. The van der Waals surface area contributed by atoms with Gasteiger partial charge in [0, 0.05) is 17.2 Å². The Morgan fingerprint density at radius 1 is 0.821 bits per heavy atom. The second kappa shape index (κ2) is 6.93. The molecule has 0 aliphatic carbocycles. The molecule has 0 fully saturated rings. The third-order valence-electron chi connectivity index (χ3n) is 3.33. The van der Waals surface area contributed by atoms with E-state index >= 15 is 0 Å². The van der Waals surface area contributed by atoms with Crippen molar-refractivity contribution >= 4 is 5.97 Å². The van der Waals surface area contributed by atoms with Gasteiger partial charge in [-0.15, -0.1) is 0 Å². The van der Waals surface area contributed by atoms with Crippen molar-refractivity contribution in [1.29, 1.82) is 0 Å². The summed E-state index contributed by atoms with van der Waals surface area (Å²) in [4.78, 5) is 11.1. The number of hydrogen-bond donors (Lipinski definition) is 3. The van der Waals surface area contributed by atoms with Crippen LogP contribution >= 0.6 is 0 Å². The Labute approximate surface area is 149 Å². The van der Waals surface area contributed by atoms with Crippen LogP contribution in [0.15, 0.2) is 30.9 Å². The molecule has 3 N–H and O–H groups in total. The molecule has 28 heavy (non-hydrogen) atoms. The molecule has 158 valence electrons. The quantitative estimate of drug-likeness (QED) is 0.226. The highest BCUT2D eigenvalue weighted by Gasteiger charge is 2.71. The van der Waals surface area contributed by atoms with Crippen molar-refractivity contribution in [3.05, 3.63) is 42.0 Å². The van der Waals surface area contributed by atoms with Crippen molar-refractivity contribution in [2.45, 2.75) is 29.9 Å². The van der Waals surface area contributed by atoms with Crippen LogP contribution in [0.4, 0.5) is 39.5 Å². The van der Waals surface area contributed by atoms with Gasteiger partial charge in [0.1, 0.15) is 5.75 Å². The van der Waals surface area contributed by atoms with Gasteiger partial charge in [-0.3, -0.25) is 0 Å². The lowest BCUT2D eigenvalue weighted by Gasteiger charge is -2.34. The number of benzene rings is 1. The molecular formula is C14H9F9O5. The van der Waals surface area contributed by atoms with E-state index in [2.05, 4.69) is 11.3 Å². The van der Waals surface area contributed by atoms with Gasteiger partial charge in [0.2, 0.25) is 0 Å². The number of carbonyl (C=O) groups excluding carboxylic acids is 1. The molecule has 0 bridgehead atoms. The van der Waals surface area contributed by atoms with E-state index in [9.17, 15) is 49.4 Å². The topological polar surface area (TPSA) is 87.0 Å². The summed E-state index contributed by atoms with van der Waals surface area (Å²) in [7, 11) is 0. The molecule has 0 unspecified atom stereocenters. The number of halogens is 9. The maximum Gasteiger partial charge on any atom is 0.447 e. The van der Waals surface area contributed by atoms with E-state index < -0.39 is 58.8 Å². The van der Waals surface area contributed by atoms with Crippen LogP contribution in [0, 0.1) is 0 Å². The molecule has 0 heterocycles. The van der Waals surface area contributed by atoms with Crippen molar-refractivity contribution < 1.29 is 64.4 Å². The first-order valence-electron chi connectivity index (χ1n) is 6.66. The first kappa shape index (κ1) is 23.7. The Balaban J connectivity index is 3.89. The Bertz CT molecular complexity index is 748. The van der Waals surface area contributed by atoms with E-state index in [1.54, 1.807) is 0 Å². The average Bonchev–Trinajstić information content (AvgIpc) is 2.50. The highest BCUT2D eigenvalue weighted by molar-refractivity contribution is 5.83. The standard InChI is InChI=1S/C14H9F9O5/c1-2-9(24)28-8-4-6(10(25,12(15,16)17)13(18,19)20)3-7(5-8)11(26,27)14(21,22)23/h2-5,25-27H,1H2. The smallest absolute Gasteiger partial charge is 0.423 e. The number of alkyl halides is 9. The minimum Gasteiger partial charge on any atom is -0.423 e. The fourth-order valence-corrected chi connectivity index (χ4v) is 1.88. The van der Waals surface area contributed by atoms with Crippen LogP contribution in [0.1, 0.15) is 11.1 Å². The third-order valence-corrected chi connectivity index (χ3v) is 3.33. The maximum atomic E-state index is 13.0. The zero-order valence-corrected chi connectivity index (χ0v) is 13.1. The summed E-state index contributed by atoms with van der Waals surface area (Å²) in [5.41, 5.74) is -10.0. The van der Waals surface area contributed by atoms with Gasteiger partial charge in [0.15, 0.2) is 0 Å². The van der Waals surface area contributed by atoms with Crippen molar-refractivity contribution in [3.8, 4) is 5.75 Å². The Morgan fingerprint density at radius 3 is 1.61 bits per heavy atom. The molecule has 0 aromatic heterocycles. The first-order valence-corrected chi connectivity index (χ1v) is 6.66. The Hall–Kier alpha value is -2.32. The molecule has 0 amide bonds. The maximum absolute atomic E-state index is 13.0. The van der Waals surface area contributed by atoms with E-state index in [1.165, 1.54) is 0 Å². The summed E-state index contributed by atoms with van der Waals surface area (Å²) in [5, 5.41) is 27.6. The molecule has 0 aliphatic rings. The first-order chi connectivity index (χ1) is 12.3. The van der Waals surface area contributed by atoms with E-state index in [0.29, 0.717) is 6.08 Å². The zero-order valence-electron chi connectivity index (χ0n) is 13.1. The second-order valence-electron chi connectivity index (χ2n) is 5.25. The van der Waals surface area contributed by atoms with Crippen LogP contribution < -0.4 is 4.74 Å². The van der Waals surface area contributed by atoms with E-state index in [1.807, 2.05) is 0 Å². The van der Waals surface area contributed by atoms with Crippen LogP contribution in [0.2, 0.25) is 0 Å². The predicted octanol–water partition coefficient (Wildman–Crippen LogP) is 2.79. The van der Waals surface area contributed by atoms with E-state index in [-0.39, 0.29) is 12.1 Å². The molecule has 1 aromatic carbocycles. The summed E-state index contributed by atoms with van der Waals surface area (Å²) in [6.45, 7) is 2.85. The summed E-state index contributed by atoms with van der Waals surface area (Å²) in [6.07, 6.45) is -18.6. The van der Waals surface area contributed by atoms with E-state index in [4.69, 9.17) is 10.2 Å². The monoisotopic (exact) mass is 428 g/mol. The molecule has 0 saturated heterocycles. The van der Waals surface area contributed by atoms with Gasteiger partial charge in [0.05, 0.1) is 0 Å². The van der Waals surface area contributed by atoms with Gasteiger partial charge in [-0.05, 0) is 18.2 Å². The summed E-state index contributed by atoms with van der Waals surface area (Å²) < 4.78 is 120. The van der Waals surface area contributed by atoms with Gasteiger partial charge < -0.3 is 20.1 Å². The lowest BCUT2D eigenvalue weighted by molar-refractivity contribution is -0.376. The normalized spacial score (nSPS) is 14.0. The number of ether oxygens (including phenoxy) is 1. The van der Waals surface area contributed by atoms with Crippen molar-refractivity contribution in [3.63, 3.8) is 0 Å². The van der Waals surface area contributed by atoms with Gasteiger partial charge >= 0.3 is 24.5 Å². The van der Waals surface area contributed by atoms with Gasteiger partial charge in [-0.2, -0.15) is 39.5 Å². The minimum atomic E-state index is -6.50. The molecule has 14 heteroatoms. The van der Waals surface area contributed by atoms with Crippen molar-refractivity contribution in [1.82, 2.24) is 0 Å². The third kappa shape index (κ3) is 4.07. The molecule has 0 saturated carbocycles. The minimum absolute atomic E-state index is 0.0500. The number of carbonyl (C=O) groups is 1. The number of hydrogen-bond acceptors (Lipinski definition) is 5. The molecule has 5 nitrogen and oxygen atoms in total. The average molecular weight is 428 g/mol. The van der Waals surface area contributed by atoms with Crippen molar-refractivity contribution in [2.24, 2.45) is 0 Å². The summed E-state index contributed by atoms with van der Waals surface area (Å²) in [6, 6.07) is -0.871. The van der Waals surface area contributed by atoms with Gasteiger partial charge in [0.25, 0.3) is 11.4 Å². The number of aliphatic hydroxyl groups is 3. The Kier molecular flexibility index (Phi) is 5.87. The fourth-order valence-electron chi connectivity index (χ4n) is 1.88. The van der Waals surface area contributed by atoms with Crippen LogP contribution in [-0.2, 0) is 16.2 Å². The summed E-state index contributed by atoms with van der Waals surface area (Å²) >= 11 is 0. The zero-order chi connectivity index (χ0) is 22.3. The molecule has 0 spiro atoms. The highest BCUT2D eigenvalue weighted by Crippen LogP contribution is 2.51.